The number of pyridine rings is 1. The van der Waals surface area contributed by atoms with Gasteiger partial charge in [-0.25, -0.2) is 4.98 Å². The molecule has 0 amide bonds. The van der Waals surface area contributed by atoms with Gasteiger partial charge >= 0.3 is 6.55 Å². The van der Waals surface area contributed by atoms with E-state index in [1.165, 1.54) is 12.4 Å². The Labute approximate surface area is 137 Å². The predicted octanol–water partition coefficient (Wildman–Crippen LogP) is 4.11. The van der Waals surface area contributed by atoms with Crippen LogP contribution in [0.15, 0.2) is 42.9 Å². The molecule has 0 N–H and O–H groups in total. The van der Waals surface area contributed by atoms with Gasteiger partial charge in [-0.3, -0.25) is 14.5 Å². The quantitative estimate of drug-likeness (QED) is 0.703. The van der Waals surface area contributed by atoms with Crippen molar-refractivity contribution >= 4 is 22.5 Å². The molecule has 2 heterocycles. The summed E-state index contributed by atoms with van der Waals surface area (Å²) in [6.07, 6.45) is 4.37. The van der Waals surface area contributed by atoms with Crippen molar-refractivity contribution in [1.82, 2.24) is 19.4 Å². The van der Waals surface area contributed by atoms with Gasteiger partial charge in [-0.05, 0) is 19.2 Å². The average Bonchev–Trinajstić information content (AvgIpc) is 2.98. The van der Waals surface area contributed by atoms with Crippen LogP contribution in [0.25, 0.3) is 10.9 Å². The van der Waals surface area contributed by atoms with Crippen molar-refractivity contribution < 1.29 is 8.78 Å². The van der Waals surface area contributed by atoms with E-state index in [4.69, 9.17) is 11.6 Å². The zero-order chi connectivity index (χ0) is 16.4. The smallest absolute Gasteiger partial charge is 0.295 e. The van der Waals surface area contributed by atoms with Crippen molar-refractivity contribution in [2.45, 2.75) is 19.6 Å². The van der Waals surface area contributed by atoms with Crippen LogP contribution in [-0.4, -0.2) is 26.5 Å². The average molecular weight is 337 g/mol. The number of aromatic nitrogens is 3. The number of nitrogens with zero attached hydrogens (tertiary/aromatic N) is 4. The molecule has 0 unspecified atom stereocenters. The van der Waals surface area contributed by atoms with Gasteiger partial charge in [-0.15, -0.1) is 0 Å². The summed E-state index contributed by atoms with van der Waals surface area (Å²) >= 11 is 6.30. The fourth-order valence-electron chi connectivity index (χ4n) is 2.54. The maximum atomic E-state index is 12.9. The summed E-state index contributed by atoms with van der Waals surface area (Å²) in [5.74, 6) is 0.312. The zero-order valence-corrected chi connectivity index (χ0v) is 13.2. The standard InChI is InChI=1S/C16H15ClF2N4/c1-22(10-14-20-7-8-23(14)16(18)19)9-12-13(17)5-4-11-3-2-6-21-15(11)12/h2-8,16H,9-10H2,1H3. The molecule has 0 aliphatic rings. The monoisotopic (exact) mass is 336 g/mol. The summed E-state index contributed by atoms with van der Waals surface area (Å²) in [7, 11) is 1.84. The first-order valence-electron chi connectivity index (χ1n) is 7.07. The van der Waals surface area contributed by atoms with E-state index in [2.05, 4.69) is 9.97 Å². The molecular weight excluding hydrogens is 322 g/mol. The Hall–Kier alpha value is -2.05. The Morgan fingerprint density at radius 1 is 1.17 bits per heavy atom. The molecule has 0 spiro atoms. The lowest BCUT2D eigenvalue weighted by Gasteiger charge is -2.19. The molecule has 0 saturated carbocycles. The highest BCUT2D eigenvalue weighted by molar-refractivity contribution is 6.32. The Balaban J connectivity index is 1.84. The normalized spacial score (nSPS) is 11.7. The molecule has 0 aliphatic carbocycles. The fourth-order valence-corrected chi connectivity index (χ4v) is 2.76. The second-order valence-corrected chi connectivity index (χ2v) is 5.71. The molecule has 7 heteroatoms. The van der Waals surface area contributed by atoms with E-state index >= 15 is 0 Å². The first-order chi connectivity index (χ1) is 11.1. The molecule has 0 atom stereocenters. The van der Waals surface area contributed by atoms with Crippen LogP contribution in [0.2, 0.25) is 5.02 Å². The van der Waals surface area contributed by atoms with Crippen LogP contribution >= 0.6 is 11.6 Å². The molecule has 120 valence electrons. The van der Waals surface area contributed by atoms with Gasteiger partial charge in [0, 0.05) is 41.1 Å². The van der Waals surface area contributed by atoms with E-state index < -0.39 is 6.55 Å². The molecule has 4 nitrogen and oxygen atoms in total. The molecule has 1 aromatic carbocycles. The molecule has 0 radical (unpaired) electrons. The number of fused-ring (bicyclic) bond motifs is 1. The number of benzene rings is 1. The van der Waals surface area contributed by atoms with Crippen LogP contribution in [0.3, 0.4) is 0 Å². The molecule has 2 aromatic heterocycles. The van der Waals surface area contributed by atoms with Gasteiger partial charge in [-0.2, -0.15) is 8.78 Å². The number of hydrogen-bond donors (Lipinski definition) is 0. The molecule has 0 saturated heterocycles. The molecular formula is C16H15ClF2N4. The lowest BCUT2D eigenvalue weighted by Crippen LogP contribution is -2.21. The molecule has 0 bridgehead atoms. The van der Waals surface area contributed by atoms with Crippen molar-refractivity contribution in [2.75, 3.05) is 7.05 Å². The number of hydrogen-bond acceptors (Lipinski definition) is 3. The molecule has 3 rings (SSSR count). The van der Waals surface area contributed by atoms with Crippen molar-refractivity contribution in [3.05, 3.63) is 59.3 Å². The van der Waals surface area contributed by atoms with Gasteiger partial charge in [0.1, 0.15) is 5.82 Å². The van der Waals surface area contributed by atoms with Crippen molar-refractivity contribution in [3.63, 3.8) is 0 Å². The summed E-state index contributed by atoms with van der Waals surface area (Å²) in [5, 5.41) is 1.61. The van der Waals surface area contributed by atoms with E-state index in [9.17, 15) is 8.78 Å². The zero-order valence-electron chi connectivity index (χ0n) is 12.5. The van der Waals surface area contributed by atoms with Gasteiger partial charge < -0.3 is 0 Å². The van der Waals surface area contributed by atoms with E-state index in [1.54, 1.807) is 6.20 Å². The Morgan fingerprint density at radius 2 is 2.00 bits per heavy atom. The second kappa shape index (κ2) is 6.60. The summed E-state index contributed by atoms with van der Waals surface area (Å²) in [6, 6.07) is 7.57. The van der Waals surface area contributed by atoms with E-state index in [0.29, 0.717) is 17.4 Å². The molecule has 0 aliphatic heterocycles. The minimum Gasteiger partial charge on any atom is -0.295 e. The molecule has 3 aromatic rings. The minimum absolute atomic E-state index is 0.289. The number of halogens is 3. The molecule has 0 fully saturated rings. The van der Waals surface area contributed by atoms with Crippen molar-refractivity contribution in [2.24, 2.45) is 0 Å². The van der Waals surface area contributed by atoms with E-state index in [0.717, 1.165) is 21.0 Å². The van der Waals surface area contributed by atoms with Gasteiger partial charge in [0.2, 0.25) is 0 Å². The van der Waals surface area contributed by atoms with Crippen LogP contribution in [0, 0.1) is 0 Å². The van der Waals surface area contributed by atoms with Gasteiger partial charge in [0.05, 0.1) is 12.1 Å². The Kier molecular flexibility index (Phi) is 4.54. The summed E-state index contributed by atoms with van der Waals surface area (Å²) in [5.41, 5.74) is 1.70. The highest BCUT2D eigenvalue weighted by Crippen LogP contribution is 2.26. The van der Waals surface area contributed by atoms with Crippen LogP contribution in [0.4, 0.5) is 8.78 Å². The maximum Gasteiger partial charge on any atom is 0.319 e. The van der Waals surface area contributed by atoms with E-state index in [1.807, 2.05) is 36.2 Å². The third kappa shape index (κ3) is 3.33. The van der Waals surface area contributed by atoms with E-state index in [-0.39, 0.29) is 6.54 Å². The van der Waals surface area contributed by atoms with Crippen molar-refractivity contribution in [1.29, 1.82) is 0 Å². The Bertz CT molecular complexity index is 819. The van der Waals surface area contributed by atoms with Crippen molar-refractivity contribution in [3.8, 4) is 0 Å². The third-order valence-corrected chi connectivity index (χ3v) is 3.97. The summed E-state index contributed by atoms with van der Waals surface area (Å²) in [4.78, 5) is 10.3. The van der Waals surface area contributed by atoms with Crippen LogP contribution in [0.5, 0.6) is 0 Å². The number of rotatable bonds is 5. The second-order valence-electron chi connectivity index (χ2n) is 5.30. The van der Waals surface area contributed by atoms with Gasteiger partial charge in [0.15, 0.2) is 0 Å². The highest BCUT2D eigenvalue weighted by atomic mass is 35.5. The maximum absolute atomic E-state index is 12.9. The SMILES string of the molecule is CN(Cc1c(Cl)ccc2cccnc12)Cc1nccn1C(F)F. The first-order valence-corrected chi connectivity index (χ1v) is 7.44. The summed E-state index contributed by atoms with van der Waals surface area (Å²) < 4.78 is 26.6. The predicted molar refractivity (Wildman–Crippen MR) is 85.4 cm³/mol. The number of imidazole rings is 1. The fraction of sp³-hybridized carbons (Fsp3) is 0.250. The lowest BCUT2D eigenvalue weighted by molar-refractivity contribution is 0.0644. The highest BCUT2D eigenvalue weighted by Gasteiger charge is 2.15. The van der Waals surface area contributed by atoms with Gasteiger partial charge in [-0.1, -0.05) is 23.7 Å². The third-order valence-electron chi connectivity index (χ3n) is 3.62. The topological polar surface area (TPSA) is 34.0 Å². The van der Waals surface area contributed by atoms with Gasteiger partial charge in [0.25, 0.3) is 0 Å². The lowest BCUT2D eigenvalue weighted by atomic mass is 10.1. The largest absolute Gasteiger partial charge is 0.319 e. The van der Waals surface area contributed by atoms with Crippen LogP contribution in [-0.2, 0) is 13.1 Å². The number of alkyl halides is 2. The first kappa shape index (κ1) is 15.8. The van der Waals surface area contributed by atoms with Crippen LogP contribution in [0.1, 0.15) is 17.9 Å². The molecule has 23 heavy (non-hydrogen) atoms. The Morgan fingerprint density at radius 3 is 2.78 bits per heavy atom. The summed E-state index contributed by atoms with van der Waals surface area (Å²) in [6.45, 7) is -1.82. The van der Waals surface area contributed by atoms with Crippen LogP contribution < -0.4 is 0 Å². The minimum atomic E-state index is -2.59.